The van der Waals surface area contributed by atoms with E-state index in [-0.39, 0.29) is 5.91 Å². The third-order valence-corrected chi connectivity index (χ3v) is 5.31. The van der Waals surface area contributed by atoms with Crippen molar-refractivity contribution in [1.82, 2.24) is 0 Å². The number of amides is 1. The fourth-order valence-electron chi connectivity index (χ4n) is 2.31. The predicted octanol–water partition coefficient (Wildman–Crippen LogP) is 2.88. The minimum Gasteiger partial charge on any atom is -0.472 e. The minimum absolute atomic E-state index is 0.224. The minimum atomic E-state index is -3.35. The van der Waals surface area contributed by atoms with Crippen LogP contribution in [-0.4, -0.2) is 20.1 Å². The van der Waals surface area contributed by atoms with Crippen molar-refractivity contribution in [2.75, 3.05) is 19.5 Å². The van der Waals surface area contributed by atoms with Crippen molar-refractivity contribution < 1.29 is 22.8 Å². The first-order chi connectivity index (χ1) is 10.6. The molecular formula is C15H14NO5P. The van der Waals surface area contributed by atoms with Crippen LogP contribution in [0.25, 0.3) is 11.6 Å². The van der Waals surface area contributed by atoms with Crippen LogP contribution in [0.3, 0.4) is 0 Å². The summed E-state index contributed by atoms with van der Waals surface area (Å²) in [4.78, 5) is 12.1. The number of nitrogens with one attached hydrogen (secondary N) is 1. The Morgan fingerprint density at radius 1 is 1.23 bits per heavy atom. The molecule has 22 heavy (non-hydrogen) atoms. The number of fused-ring (bicyclic) bond motifs is 1. The van der Waals surface area contributed by atoms with Gasteiger partial charge in [0.1, 0.15) is 0 Å². The SMILES string of the molecule is COP(=O)(OC)c1ccc2c(c1)NC(=O)C2=Cc1ccoc1. The molecule has 114 valence electrons. The maximum Gasteiger partial charge on any atom is 0.360 e. The first-order valence-electron chi connectivity index (χ1n) is 6.49. The summed E-state index contributed by atoms with van der Waals surface area (Å²) in [6, 6.07) is 6.73. The van der Waals surface area contributed by atoms with E-state index in [1.165, 1.54) is 20.5 Å². The van der Waals surface area contributed by atoms with Crippen molar-refractivity contribution in [3.05, 3.63) is 47.9 Å². The number of hydrogen-bond donors (Lipinski definition) is 1. The lowest BCUT2D eigenvalue weighted by atomic mass is 10.1. The van der Waals surface area contributed by atoms with Gasteiger partial charge in [0.25, 0.3) is 5.91 Å². The smallest absolute Gasteiger partial charge is 0.360 e. The van der Waals surface area contributed by atoms with E-state index in [1.807, 2.05) is 0 Å². The monoisotopic (exact) mass is 319 g/mol. The quantitative estimate of drug-likeness (QED) is 0.692. The van der Waals surface area contributed by atoms with Gasteiger partial charge in [0, 0.05) is 36.6 Å². The largest absolute Gasteiger partial charge is 0.472 e. The van der Waals surface area contributed by atoms with E-state index >= 15 is 0 Å². The highest BCUT2D eigenvalue weighted by Crippen LogP contribution is 2.46. The maximum absolute atomic E-state index is 12.4. The van der Waals surface area contributed by atoms with E-state index in [2.05, 4.69) is 5.32 Å². The van der Waals surface area contributed by atoms with Crippen molar-refractivity contribution in [3.8, 4) is 0 Å². The summed E-state index contributed by atoms with van der Waals surface area (Å²) in [6.45, 7) is 0. The van der Waals surface area contributed by atoms with Gasteiger partial charge in [-0.2, -0.15) is 0 Å². The Kier molecular flexibility index (Phi) is 3.74. The molecular weight excluding hydrogens is 305 g/mol. The Bertz CT molecular complexity index is 786. The summed E-state index contributed by atoms with van der Waals surface area (Å²) in [5.74, 6) is -0.224. The molecule has 0 saturated carbocycles. The molecule has 6 nitrogen and oxygen atoms in total. The van der Waals surface area contributed by atoms with Crippen LogP contribution >= 0.6 is 7.60 Å². The van der Waals surface area contributed by atoms with Gasteiger partial charge < -0.3 is 18.8 Å². The molecule has 0 saturated heterocycles. The van der Waals surface area contributed by atoms with Crippen molar-refractivity contribution in [2.24, 2.45) is 0 Å². The summed E-state index contributed by atoms with van der Waals surface area (Å²) < 4.78 is 27.3. The highest BCUT2D eigenvalue weighted by molar-refractivity contribution is 7.62. The summed E-state index contributed by atoms with van der Waals surface area (Å²) in [7, 11) is -0.708. The van der Waals surface area contributed by atoms with Gasteiger partial charge in [0.15, 0.2) is 0 Å². The van der Waals surface area contributed by atoms with Crippen molar-refractivity contribution in [2.45, 2.75) is 0 Å². The Balaban J connectivity index is 2.05. The maximum atomic E-state index is 12.4. The van der Waals surface area contributed by atoms with Crippen molar-refractivity contribution in [1.29, 1.82) is 0 Å². The molecule has 1 aromatic carbocycles. The molecule has 1 aliphatic rings. The number of carbonyl (C=O) groups excluding carboxylic acids is 1. The number of carbonyl (C=O) groups is 1. The van der Waals surface area contributed by atoms with Gasteiger partial charge >= 0.3 is 7.60 Å². The van der Waals surface area contributed by atoms with E-state index in [9.17, 15) is 9.36 Å². The van der Waals surface area contributed by atoms with Gasteiger partial charge in [-0.05, 0) is 24.3 Å². The van der Waals surface area contributed by atoms with Crippen LogP contribution in [0.4, 0.5) is 5.69 Å². The molecule has 1 aliphatic heterocycles. The van der Waals surface area contributed by atoms with E-state index in [1.54, 1.807) is 36.6 Å². The van der Waals surface area contributed by atoms with Crippen molar-refractivity contribution >= 4 is 36.1 Å². The second-order valence-corrected chi connectivity index (χ2v) is 6.90. The van der Waals surface area contributed by atoms with Crippen LogP contribution in [0.1, 0.15) is 11.1 Å². The summed E-state index contributed by atoms with van der Waals surface area (Å²) in [5, 5.41) is 3.14. The highest BCUT2D eigenvalue weighted by Gasteiger charge is 2.29. The lowest BCUT2D eigenvalue weighted by molar-refractivity contribution is -0.110. The molecule has 0 radical (unpaired) electrons. The molecule has 1 aromatic heterocycles. The van der Waals surface area contributed by atoms with Crippen molar-refractivity contribution in [3.63, 3.8) is 0 Å². The zero-order valence-electron chi connectivity index (χ0n) is 12.0. The molecule has 1 amide bonds. The molecule has 0 atom stereocenters. The third-order valence-electron chi connectivity index (χ3n) is 3.44. The first kappa shape index (κ1) is 14.8. The zero-order valence-corrected chi connectivity index (χ0v) is 12.9. The van der Waals surface area contributed by atoms with Crippen LogP contribution in [0, 0.1) is 0 Å². The third kappa shape index (κ3) is 2.41. The Hall–Kier alpha value is -2.14. The summed E-state index contributed by atoms with van der Waals surface area (Å²) >= 11 is 0. The van der Waals surface area contributed by atoms with E-state index < -0.39 is 7.60 Å². The fourth-order valence-corrected chi connectivity index (χ4v) is 3.42. The molecule has 0 spiro atoms. The Morgan fingerprint density at radius 3 is 2.64 bits per heavy atom. The van der Waals surface area contributed by atoms with Gasteiger partial charge in [-0.3, -0.25) is 9.36 Å². The van der Waals surface area contributed by atoms with Crippen LogP contribution < -0.4 is 10.6 Å². The lowest BCUT2D eigenvalue weighted by Gasteiger charge is -2.14. The molecule has 7 heteroatoms. The average Bonchev–Trinajstić information content (AvgIpc) is 3.15. The molecule has 3 rings (SSSR count). The number of anilines is 1. The Labute approximate surface area is 127 Å². The van der Waals surface area contributed by atoms with Gasteiger partial charge in [-0.1, -0.05) is 6.07 Å². The van der Waals surface area contributed by atoms with Gasteiger partial charge in [-0.15, -0.1) is 0 Å². The molecule has 0 unspecified atom stereocenters. The standard InChI is InChI=1S/C15H14NO5P/c1-19-22(18,20-2)11-3-4-12-13(7-10-5-6-21-9-10)15(17)16-14(12)8-11/h3-9H,1-2H3,(H,16,17). The van der Waals surface area contributed by atoms with Gasteiger partial charge in [0.05, 0.1) is 17.8 Å². The molecule has 0 bridgehead atoms. The number of rotatable bonds is 4. The second-order valence-electron chi connectivity index (χ2n) is 4.66. The van der Waals surface area contributed by atoms with Gasteiger partial charge in [-0.25, -0.2) is 0 Å². The summed E-state index contributed by atoms with van der Waals surface area (Å²) in [6.07, 6.45) is 4.82. The van der Waals surface area contributed by atoms with Crippen LogP contribution in [0.15, 0.2) is 41.2 Å². The Morgan fingerprint density at radius 2 is 2.00 bits per heavy atom. The lowest BCUT2D eigenvalue weighted by Crippen LogP contribution is -2.09. The van der Waals surface area contributed by atoms with Crippen LogP contribution in [0.2, 0.25) is 0 Å². The topological polar surface area (TPSA) is 77.8 Å². The van der Waals surface area contributed by atoms with Crippen LogP contribution in [0.5, 0.6) is 0 Å². The van der Waals surface area contributed by atoms with E-state index in [0.717, 1.165) is 11.1 Å². The number of hydrogen-bond acceptors (Lipinski definition) is 5. The number of furan rings is 1. The number of benzene rings is 1. The van der Waals surface area contributed by atoms with Crippen LogP contribution in [-0.2, 0) is 18.4 Å². The summed E-state index contributed by atoms with van der Waals surface area (Å²) in [5.41, 5.74) is 2.62. The predicted molar refractivity (Wildman–Crippen MR) is 82.9 cm³/mol. The van der Waals surface area contributed by atoms with E-state index in [0.29, 0.717) is 16.6 Å². The molecule has 2 heterocycles. The highest BCUT2D eigenvalue weighted by atomic mass is 31.2. The normalized spacial score (nSPS) is 15.9. The molecule has 1 N–H and O–H groups in total. The second kappa shape index (κ2) is 5.57. The first-order valence-corrected chi connectivity index (χ1v) is 8.03. The van der Waals surface area contributed by atoms with E-state index in [4.69, 9.17) is 13.5 Å². The zero-order chi connectivity index (χ0) is 15.7. The molecule has 2 aromatic rings. The fraction of sp³-hybridized carbons (Fsp3) is 0.133. The van der Waals surface area contributed by atoms with Gasteiger partial charge in [0.2, 0.25) is 0 Å². The average molecular weight is 319 g/mol. The molecule has 0 aliphatic carbocycles. The molecule has 0 fully saturated rings.